The van der Waals surface area contributed by atoms with Crippen molar-refractivity contribution in [2.45, 2.75) is 59.0 Å². The van der Waals surface area contributed by atoms with E-state index in [4.69, 9.17) is 14.6 Å². The standard InChI is InChI=1S/C29H46N6O3/c1-22(2)20-34(25-17-24(18-30-19-25)29(36)33-12-15-38-16-13-33)21-26-28(11-7-8-14-37-4)35(32-31-26)27-10-6-5-9-23(27)3/h5-6,9-10,22,24-25,30H,7-8,11-21H2,1-4H3/t24-,25+/m1/s1. The van der Waals surface area contributed by atoms with Gasteiger partial charge in [0, 0.05) is 59.0 Å². The van der Waals surface area contributed by atoms with Crippen LogP contribution in [-0.4, -0.2) is 96.4 Å². The number of hydrogen-bond acceptors (Lipinski definition) is 7. The summed E-state index contributed by atoms with van der Waals surface area (Å²) in [5.74, 6) is 0.763. The fourth-order valence-corrected chi connectivity index (χ4v) is 5.67. The first kappa shape index (κ1) is 28.7. The summed E-state index contributed by atoms with van der Waals surface area (Å²) in [4.78, 5) is 17.8. The molecule has 2 fully saturated rings. The molecule has 2 aliphatic heterocycles. The number of carbonyl (C=O) groups is 1. The predicted octanol–water partition coefficient (Wildman–Crippen LogP) is 2.84. The number of piperidine rings is 1. The number of hydrogen-bond donors (Lipinski definition) is 1. The third-order valence-electron chi connectivity index (χ3n) is 7.67. The number of benzene rings is 1. The SMILES string of the molecule is COCCCCc1c(CN(CC(C)C)[C@@H]2CNC[C@H](C(=O)N3CCOCC3)C2)nnn1-c1ccccc1C. The van der Waals surface area contributed by atoms with Gasteiger partial charge in [0.25, 0.3) is 0 Å². The normalized spacial score (nSPS) is 20.4. The quantitative estimate of drug-likeness (QED) is 0.426. The molecule has 0 radical (unpaired) electrons. The summed E-state index contributed by atoms with van der Waals surface area (Å²) in [6.07, 6.45) is 3.79. The van der Waals surface area contributed by atoms with Gasteiger partial charge in [-0.1, -0.05) is 37.3 Å². The maximum Gasteiger partial charge on any atom is 0.227 e. The highest BCUT2D eigenvalue weighted by atomic mass is 16.5. The second-order valence-electron chi connectivity index (χ2n) is 11.1. The molecule has 0 unspecified atom stereocenters. The Balaban J connectivity index is 1.54. The zero-order valence-corrected chi connectivity index (χ0v) is 23.7. The lowest BCUT2D eigenvalue weighted by atomic mass is 9.92. The smallest absolute Gasteiger partial charge is 0.227 e. The Kier molecular flexibility index (Phi) is 10.7. The number of ether oxygens (including phenoxy) is 2. The van der Waals surface area contributed by atoms with E-state index < -0.39 is 0 Å². The summed E-state index contributed by atoms with van der Waals surface area (Å²) in [5, 5.41) is 13.0. The fraction of sp³-hybridized carbons (Fsp3) is 0.690. The molecule has 2 saturated heterocycles. The highest BCUT2D eigenvalue weighted by Crippen LogP contribution is 2.24. The van der Waals surface area contributed by atoms with Crippen LogP contribution in [0.4, 0.5) is 0 Å². The van der Waals surface area contributed by atoms with Gasteiger partial charge in [-0.05, 0) is 50.2 Å². The first-order chi connectivity index (χ1) is 18.5. The lowest BCUT2D eigenvalue weighted by Gasteiger charge is -2.40. The van der Waals surface area contributed by atoms with Crippen molar-refractivity contribution in [3.63, 3.8) is 0 Å². The van der Waals surface area contributed by atoms with Crippen molar-refractivity contribution in [3.8, 4) is 5.69 Å². The molecule has 2 aliphatic rings. The number of aromatic nitrogens is 3. The van der Waals surface area contributed by atoms with E-state index in [1.807, 2.05) is 9.58 Å². The lowest BCUT2D eigenvalue weighted by molar-refractivity contribution is -0.140. The Labute approximate surface area is 227 Å². The number of carbonyl (C=O) groups excluding carboxylic acids is 1. The van der Waals surface area contributed by atoms with E-state index in [9.17, 15) is 4.79 Å². The predicted molar refractivity (Wildman–Crippen MR) is 148 cm³/mol. The molecule has 1 N–H and O–H groups in total. The molecule has 0 aliphatic carbocycles. The highest BCUT2D eigenvalue weighted by Gasteiger charge is 2.34. The minimum absolute atomic E-state index is 0.00215. The Morgan fingerprint density at radius 1 is 1.21 bits per heavy atom. The summed E-state index contributed by atoms with van der Waals surface area (Å²) in [6, 6.07) is 8.62. The molecule has 0 bridgehead atoms. The van der Waals surface area contributed by atoms with Crippen molar-refractivity contribution in [2.24, 2.45) is 11.8 Å². The molecule has 2 aromatic rings. The molecule has 0 spiro atoms. The van der Waals surface area contributed by atoms with Crippen LogP contribution in [0.1, 0.15) is 50.1 Å². The van der Waals surface area contributed by atoms with Gasteiger partial charge in [-0.2, -0.15) is 0 Å². The Morgan fingerprint density at radius 2 is 2.00 bits per heavy atom. The summed E-state index contributed by atoms with van der Waals surface area (Å²) in [6.45, 7) is 13.4. The number of nitrogens with zero attached hydrogens (tertiary/aromatic N) is 5. The summed E-state index contributed by atoms with van der Waals surface area (Å²) >= 11 is 0. The van der Waals surface area contributed by atoms with Crippen LogP contribution in [0.3, 0.4) is 0 Å². The van der Waals surface area contributed by atoms with Crippen molar-refractivity contribution >= 4 is 5.91 Å². The maximum absolute atomic E-state index is 13.3. The van der Waals surface area contributed by atoms with Crippen LogP contribution in [0.2, 0.25) is 0 Å². The zero-order valence-electron chi connectivity index (χ0n) is 23.7. The second kappa shape index (κ2) is 14.2. The van der Waals surface area contributed by atoms with Crippen LogP contribution < -0.4 is 5.32 Å². The highest BCUT2D eigenvalue weighted by molar-refractivity contribution is 5.79. The number of rotatable bonds is 12. The molecule has 1 aromatic carbocycles. The molecule has 210 valence electrons. The monoisotopic (exact) mass is 526 g/mol. The average Bonchev–Trinajstić information content (AvgIpc) is 3.32. The third kappa shape index (κ3) is 7.40. The van der Waals surface area contributed by atoms with Crippen LogP contribution in [0, 0.1) is 18.8 Å². The first-order valence-corrected chi connectivity index (χ1v) is 14.3. The van der Waals surface area contributed by atoms with E-state index >= 15 is 0 Å². The molecule has 1 aromatic heterocycles. The lowest BCUT2D eigenvalue weighted by Crippen LogP contribution is -2.54. The van der Waals surface area contributed by atoms with Crippen LogP contribution in [0.15, 0.2) is 24.3 Å². The van der Waals surface area contributed by atoms with Gasteiger partial charge in [-0.3, -0.25) is 9.69 Å². The molecule has 1 amide bonds. The third-order valence-corrected chi connectivity index (χ3v) is 7.67. The van der Waals surface area contributed by atoms with E-state index in [1.54, 1.807) is 7.11 Å². The van der Waals surface area contributed by atoms with Gasteiger partial charge >= 0.3 is 0 Å². The molecule has 2 atom stereocenters. The number of para-hydroxylation sites is 1. The molecule has 3 heterocycles. The van der Waals surface area contributed by atoms with Gasteiger partial charge in [0.05, 0.1) is 30.5 Å². The number of methoxy groups -OCH3 is 1. The molecule has 4 rings (SSSR count). The maximum atomic E-state index is 13.3. The number of amides is 1. The van der Waals surface area contributed by atoms with Crippen molar-refractivity contribution in [3.05, 3.63) is 41.2 Å². The van der Waals surface area contributed by atoms with Crippen molar-refractivity contribution in [1.29, 1.82) is 0 Å². The van der Waals surface area contributed by atoms with Crippen LogP contribution in [0.25, 0.3) is 5.69 Å². The topological polar surface area (TPSA) is 84.8 Å². The first-order valence-electron chi connectivity index (χ1n) is 14.3. The molecule has 9 nitrogen and oxygen atoms in total. The summed E-state index contributed by atoms with van der Waals surface area (Å²) in [7, 11) is 1.75. The van der Waals surface area contributed by atoms with E-state index in [0.29, 0.717) is 32.2 Å². The number of aryl methyl sites for hydroxylation is 1. The van der Waals surface area contributed by atoms with Gasteiger partial charge in [-0.25, -0.2) is 4.68 Å². The number of unbranched alkanes of at least 4 members (excludes halogenated alkanes) is 1. The van der Waals surface area contributed by atoms with E-state index in [-0.39, 0.29) is 17.9 Å². The largest absolute Gasteiger partial charge is 0.385 e. The number of morpholine rings is 1. The van der Waals surface area contributed by atoms with Gasteiger partial charge in [0.15, 0.2) is 0 Å². The average molecular weight is 527 g/mol. The molecule has 38 heavy (non-hydrogen) atoms. The minimum Gasteiger partial charge on any atom is -0.385 e. The van der Waals surface area contributed by atoms with Crippen molar-refractivity contribution < 1.29 is 14.3 Å². The van der Waals surface area contributed by atoms with Crippen molar-refractivity contribution in [1.82, 2.24) is 30.1 Å². The summed E-state index contributed by atoms with van der Waals surface area (Å²) in [5.41, 5.74) is 4.47. The zero-order chi connectivity index (χ0) is 26.9. The summed E-state index contributed by atoms with van der Waals surface area (Å²) < 4.78 is 12.8. The second-order valence-corrected chi connectivity index (χ2v) is 11.1. The fourth-order valence-electron chi connectivity index (χ4n) is 5.67. The van der Waals surface area contributed by atoms with Gasteiger partial charge in [0.2, 0.25) is 5.91 Å². The Morgan fingerprint density at radius 3 is 2.74 bits per heavy atom. The van der Waals surface area contributed by atoms with Gasteiger partial charge in [-0.15, -0.1) is 5.10 Å². The van der Waals surface area contributed by atoms with Crippen LogP contribution in [-0.2, 0) is 27.2 Å². The van der Waals surface area contributed by atoms with E-state index in [1.165, 1.54) is 11.3 Å². The van der Waals surface area contributed by atoms with Crippen LogP contribution in [0.5, 0.6) is 0 Å². The minimum atomic E-state index is -0.00215. The molecular formula is C29H46N6O3. The van der Waals surface area contributed by atoms with Gasteiger partial charge in [0.1, 0.15) is 5.69 Å². The number of nitrogens with one attached hydrogen (secondary N) is 1. The van der Waals surface area contributed by atoms with Crippen LogP contribution >= 0.6 is 0 Å². The van der Waals surface area contributed by atoms with Crippen molar-refractivity contribution in [2.75, 3.05) is 59.7 Å². The van der Waals surface area contributed by atoms with E-state index in [0.717, 1.165) is 69.9 Å². The van der Waals surface area contributed by atoms with Gasteiger partial charge < -0.3 is 19.7 Å². The Bertz CT molecular complexity index is 1020. The molecular weight excluding hydrogens is 480 g/mol. The van der Waals surface area contributed by atoms with E-state index in [2.05, 4.69) is 60.5 Å². The molecule has 0 saturated carbocycles. The Hall–Kier alpha value is -2.33. The molecule has 9 heteroatoms.